The van der Waals surface area contributed by atoms with Crippen LogP contribution in [0.5, 0.6) is 0 Å². The normalized spacial score (nSPS) is 25.7. The number of carbonyl (C=O) groups is 1. The molecule has 6 nitrogen and oxygen atoms in total. The van der Waals surface area contributed by atoms with Gasteiger partial charge in [-0.15, -0.1) is 0 Å². The Morgan fingerprint density at radius 2 is 1.97 bits per heavy atom. The molecule has 1 N–H and O–H groups in total. The van der Waals surface area contributed by atoms with Crippen LogP contribution < -0.4 is 10.2 Å². The van der Waals surface area contributed by atoms with Crippen molar-refractivity contribution in [3.05, 3.63) is 22.4 Å². The maximum absolute atomic E-state index is 11.8. The van der Waals surface area contributed by atoms with Crippen LogP contribution in [0.3, 0.4) is 0 Å². The zero-order chi connectivity index (χ0) is 21.0. The van der Waals surface area contributed by atoms with Crippen molar-refractivity contribution in [3.8, 4) is 0 Å². The van der Waals surface area contributed by atoms with Gasteiger partial charge in [-0.3, -0.25) is 4.90 Å². The highest BCUT2D eigenvalue weighted by Gasteiger charge is 2.27. The minimum absolute atomic E-state index is 0.0240. The molecule has 2 fully saturated rings. The number of pyridine rings is 1. The van der Waals surface area contributed by atoms with E-state index in [0.717, 1.165) is 50.6 Å². The number of halogens is 2. The fourth-order valence-electron chi connectivity index (χ4n) is 4.49. The number of anilines is 1. The van der Waals surface area contributed by atoms with Crippen LogP contribution in [-0.2, 0) is 0 Å². The summed E-state index contributed by atoms with van der Waals surface area (Å²) < 4.78 is 0. The second kappa shape index (κ2) is 10.2. The van der Waals surface area contributed by atoms with E-state index in [-0.39, 0.29) is 6.03 Å². The standard InChI is InChI=1S/C21H33Cl2N5O/c1-15-14-27(12-13-28(15)18-8-10-24-20(23)19(18)22)11-9-16-4-6-17(7-5-16)25-21(29)26(2)3/h8,10,15-17H,4-7,9,11-14H2,1-3H3,(H,25,29)/t15-,16?,17?/m1/s1. The number of piperazine rings is 1. The summed E-state index contributed by atoms with van der Waals surface area (Å²) in [7, 11) is 3.58. The van der Waals surface area contributed by atoms with Crippen molar-refractivity contribution in [1.29, 1.82) is 0 Å². The first-order valence-electron chi connectivity index (χ1n) is 10.6. The quantitative estimate of drug-likeness (QED) is 0.698. The first kappa shape index (κ1) is 22.4. The molecule has 0 aromatic carbocycles. The first-order chi connectivity index (χ1) is 13.8. The average molecular weight is 442 g/mol. The van der Waals surface area contributed by atoms with Crippen LogP contribution in [0.15, 0.2) is 12.3 Å². The Hall–Kier alpha value is -1.24. The molecule has 0 unspecified atom stereocenters. The second-order valence-electron chi connectivity index (χ2n) is 8.63. The lowest BCUT2D eigenvalue weighted by Gasteiger charge is -2.42. The van der Waals surface area contributed by atoms with Gasteiger partial charge in [0.15, 0.2) is 0 Å². The van der Waals surface area contributed by atoms with Crippen molar-refractivity contribution in [2.75, 3.05) is 45.2 Å². The van der Waals surface area contributed by atoms with Crippen molar-refractivity contribution in [2.45, 2.75) is 51.1 Å². The number of hydrogen-bond donors (Lipinski definition) is 1. The molecular formula is C21H33Cl2N5O. The van der Waals surface area contributed by atoms with Crippen LogP contribution in [0.25, 0.3) is 0 Å². The topological polar surface area (TPSA) is 51.7 Å². The number of urea groups is 1. The average Bonchev–Trinajstić information content (AvgIpc) is 2.70. The number of hydrogen-bond acceptors (Lipinski definition) is 4. The number of rotatable bonds is 5. The number of nitrogens with one attached hydrogen (secondary N) is 1. The molecule has 1 aromatic rings. The molecule has 1 saturated heterocycles. The SMILES string of the molecule is C[C@@H]1CN(CCC2CCC(NC(=O)N(C)C)CC2)CCN1c1ccnc(Cl)c1Cl. The van der Waals surface area contributed by atoms with E-state index in [0.29, 0.717) is 22.3 Å². The summed E-state index contributed by atoms with van der Waals surface area (Å²) in [5.74, 6) is 0.768. The third-order valence-electron chi connectivity index (χ3n) is 6.28. The Balaban J connectivity index is 1.41. The molecule has 0 spiro atoms. The Labute approximate surface area is 184 Å². The lowest BCUT2D eigenvalue weighted by atomic mass is 9.84. The molecule has 1 aliphatic carbocycles. The Kier molecular flexibility index (Phi) is 7.88. The molecule has 8 heteroatoms. The zero-order valence-electron chi connectivity index (χ0n) is 17.7. The van der Waals surface area contributed by atoms with Crippen molar-refractivity contribution >= 4 is 34.9 Å². The summed E-state index contributed by atoms with van der Waals surface area (Å²) in [5, 5.41) is 4.05. The molecule has 2 amide bonds. The van der Waals surface area contributed by atoms with Crippen LogP contribution >= 0.6 is 23.2 Å². The molecule has 2 aliphatic rings. The Morgan fingerprint density at radius 3 is 2.62 bits per heavy atom. The first-order valence-corrected chi connectivity index (χ1v) is 11.4. The highest BCUT2D eigenvalue weighted by Crippen LogP contribution is 2.33. The smallest absolute Gasteiger partial charge is 0.317 e. The molecule has 162 valence electrons. The molecular weight excluding hydrogens is 409 g/mol. The predicted molar refractivity (Wildman–Crippen MR) is 120 cm³/mol. The van der Waals surface area contributed by atoms with Crippen LogP contribution in [-0.4, -0.2) is 73.2 Å². The van der Waals surface area contributed by atoms with E-state index in [2.05, 4.69) is 27.0 Å². The highest BCUT2D eigenvalue weighted by molar-refractivity contribution is 6.42. The van der Waals surface area contributed by atoms with Gasteiger partial charge in [0.2, 0.25) is 0 Å². The van der Waals surface area contributed by atoms with Crippen LogP contribution in [0.1, 0.15) is 39.0 Å². The van der Waals surface area contributed by atoms with Crippen molar-refractivity contribution in [3.63, 3.8) is 0 Å². The zero-order valence-corrected chi connectivity index (χ0v) is 19.2. The van der Waals surface area contributed by atoms with Gasteiger partial charge in [-0.2, -0.15) is 0 Å². The van der Waals surface area contributed by atoms with E-state index >= 15 is 0 Å². The number of aromatic nitrogens is 1. The third kappa shape index (κ3) is 5.89. The monoisotopic (exact) mass is 441 g/mol. The van der Waals surface area contributed by atoms with Gasteiger partial charge in [0, 0.05) is 52.0 Å². The summed E-state index contributed by atoms with van der Waals surface area (Å²) in [6.45, 7) is 6.40. The maximum atomic E-state index is 11.8. The van der Waals surface area contributed by atoms with Crippen molar-refractivity contribution in [2.24, 2.45) is 5.92 Å². The molecule has 1 aliphatic heterocycles. The third-order valence-corrected chi connectivity index (χ3v) is 7.04. The summed E-state index contributed by atoms with van der Waals surface area (Å²) in [5.41, 5.74) is 0.983. The molecule has 0 bridgehead atoms. The summed E-state index contributed by atoms with van der Waals surface area (Å²) in [6.07, 6.45) is 7.56. The van der Waals surface area contributed by atoms with Crippen molar-refractivity contribution in [1.82, 2.24) is 20.1 Å². The van der Waals surface area contributed by atoms with E-state index in [1.54, 1.807) is 25.2 Å². The number of amides is 2. The Bertz CT molecular complexity index is 694. The van der Waals surface area contributed by atoms with E-state index in [1.807, 2.05) is 6.07 Å². The van der Waals surface area contributed by atoms with Gasteiger partial charge >= 0.3 is 6.03 Å². The molecule has 2 heterocycles. The van der Waals surface area contributed by atoms with E-state index in [1.165, 1.54) is 19.3 Å². The molecule has 1 aromatic heterocycles. The molecule has 29 heavy (non-hydrogen) atoms. The van der Waals surface area contributed by atoms with E-state index < -0.39 is 0 Å². The van der Waals surface area contributed by atoms with E-state index in [4.69, 9.17) is 23.2 Å². The molecule has 1 atom stereocenters. The maximum Gasteiger partial charge on any atom is 0.317 e. The minimum Gasteiger partial charge on any atom is -0.365 e. The van der Waals surface area contributed by atoms with Gasteiger partial charge < -0.3 is 15.1 Å². The molecule has 1 saturated carbocycles. The van der Waals surface area contributed by atoms with Gasteiger partial charge in [0.1, 0.15) is 10.2 Å². The van der Waals surface area contributed by atoms with Gasteiger partial charge in [0.25, 0.3) is 0 Å². The minimum atomic E-state index is 0.0240. The lowest BCUT2D eigenvalue weighted by molar-refractivity contribution is 0.187. The molecule has 3 rings (SSSR count). The largest absolute Gasteiger partial charge is 0.365 e. The van der Waals surface area contributed by atoms with Crippen LogP contribution in [0.2, 0.25) is 10.2 Å². The number of nitrogens with zero attached hydrogens (tertiary/aromatic N) is 4. The van der Waals surface area contributed by atoms with Gasteiger partial charge in [-0.05, 0) is 57.6 Å². The van der Waals surface area contributed by atoms with Gasteiger partial charge in [-0.25, -0.2) is 9.78 Å². The lowest BCUT2D eigenvalue weighted by Crippen LogP contribution is -2.52. The number of carbonyl (C=O) groups excluding carboxylic acids is 1. The van der Waals surface area contributed by atoms with Crippen LogP contribution in [0, 0.1) is 5.92 Å². The second-order valence-corrected chi connectivity index (χ2v) is 9.36. The fourth-order valence-corrected chi connectivity index (χ4v) is 4.86. The van der Waals surface area contributed by atoms with Crippen molar-refractivity contribution < 1.29 is 4.79 Å². The highest BCUT2D eigenvalue weighted by atomic mass is 35.5. The predicted octanol–water partition coefficient (Wildman–Crippen LogP) is 4.12. The summed E-state index contributed by atoms with van der Waals surface area (Å²) in [6, 6.07) is 2.70. The Morgan fingerprint density at radius 1 is 1.24 bits per heavy atom. The summed E-state index contributed by atoms with van der Waals surface area (Å²) >= 11 is 12.5. The van der Waals surface area contributed by atoms with Crippen LogP contribution in [0.4, 0.5) is 10.5 Å². The van der Waals surface area contributed by atoms with Gasteiger partial charge in [0.05, 0.1) is 5.69 Å². The van der Waals surface area contributed by atoms with Gasteiger partial charge in [-0.1, -0.05) is 23.2 Å². The molecule has 0 radical (unpaired) electrons. The summed E-state index contributed by atoms with van der Waals surface area (Å²) in [4.78, 5) is 22.4. The van der Waals surface area contributed by atoms with E-state index in [9.17, 15) is 4.79 Å². The fraction of sp³-hybridized carbons (Fsp3) is 0.714.